The van der Waals surface area contributed by atoms with Crippen molar-refractivity contribution in [2.45, 2.75) is 6.04 Å². The second kappa shape index (κ2) is 5.94. The van der Waals surface area contributed by atoms with E-state index in [0.29, 0.717) is 0 Å². The number of hydrogen-bond donors (Lipinski definition) is 0. The second-order valence-electron chi connectivity index (χ2n) is 4.52. The van der Waals surface area contributed by atoms with Crippen LogP contribution in [0.3, 0.4) is 0 Å². The van der Waals surface area contributed by atoms with Crippen LogP contribution in [0, 0.1) is 0 Å². The summed E-state index contributed by atoms with van der Waals surface area (Å²) in [5.41, 5.74) is 2.46. The van der Waals surface area contributed by atoms with Crippen LogP contribution in [0.2, 0.25) is 0 Å². The standard InChI is InChI=1S/C16H12Br2N2/c17-14-5-1-12(2-6-14)16(20-10-9-19-11-20)13-3-7-15(18)8-4-13/h1-11,16H. The smallest absolute Gasteiger partial charge is 0.0954 e. The molecular formula is C16H12Br2N2. The van der Waals surface area contributed by atoms with Gasteiger partial charge in [0.25, 0.3) is 0 Å². The molecule has 0 saturated carbocycles. The Hall–Kier alpha value is -1.39. The Bertz CT molecular complexity index is 628. The zero-order valence-corrected chi connectivity index (χ0v) is 13.8. The van der Waals surface area contributed by atoms with E-state index in [9.17, 15) is 0 Å². The predicted molar refractivity (Wildman–Crippen MR) is 87.8 cm³/mol. The molecule has 3 aromatic rings. The number of benzene rings is 2. The third-order valence-electron chi connectivity index (χ3n) is 3.19. The first-order valence-corrected chi connectivity index (χ1v) is 7.81. The van der Waals surface area contributed by atoms with Crippen LogP contribution in [-0.2, 0) is 0 Å². The zero-order chi connectivity index (χ0) is 13.9. The van der Waals surface area contributed by atoms with Crippen molar-refractivity contribution in [3.05, 3.63) is 87.3 Å². The Morgan fingerprint density at radius 2 is 1.30 bits per heavy atom. The van der Waals surface area contributed by atoms with Crippen LogP contribution in [0.15, 0.2) is 76.2 Å². The van der Waals surface area contributed by atoms with Gasteiger partial charge in [-0.1, -0.05) is 56.1 Å². The summed E-state index contributed by atoms with van der Waals surface area (Å²) in [6.07, 6.45) is 5.66. The molecule has 0 aliphatic rings. The van der Waals surface area contributed by atoms with Crippen LogP contribution in [-0.4, -0.2) is 9.55 Å². The molecule has 0 N–H and O–H groups in total. The second-order valence-corrected chi connectivity index (χ2v) is 6.35. The van der Waals surface area contributed by atoms with E-state index < -0.39 is 0 Å². The largest absolute Gasteiger partial charge is 0.326 e. The molecular weight excluding hydrogens is 380 g/mol. The van der Waals surface area contributed by atoms with Gasteiger partial charge in [0.1, 0.15) is 0 Å². The van der Waals surface area contributed by atoms with Crippen molar-refractivity contribution in [2.75, 3.05) is 0 Å². The Morgan fingerprint density at radius 3 is 1.70 bits per heavy atom. The Balaban J connectivity index is 2.09. The molecule has 100 valence electrons. The highest BCUT2D eigenvalue weighted by Gasteiger charge is 2.15. The highest BCUT2D eigenvalue weighted by Crippen LogP contribution is 2.28. The molecule has 1 aromatic heterocycles. The van der Waals surface area contributed by atoms with Crippen LogP contribution in [0.4, 0.5) is 0 Å². The maximum atomic E-state index is 4.17. The molecule has 2 aromatic carbocycles. The number of halogens is 2. The summed E-state index contributed by atoms with van der Waals surface area (Å²) in [5.74, 6) is 0. The van der Waals surface area contributed by atoms with Gasteiger partial charge >= 0.3 is 0 Å². The van der Waals surface area contributed by atoms with Crippen LogP contribution < -0.4 is 0 Å². The van der Waals surface area contributed by atoms with Crippen molar-refractivity contribution >= 4 is 31.9 Å². The summed E-state index contributed by atoms with van der Waals surface area (Å²) in [7, 11) is 0. The van der Waals surface area contributed by atoms with E-state index in [2.05, 4.69) is 89.9 Å². The minimum Gasteiger partial charge on any atom is -0.326 e. The van der Waals surface area contributed by atoms with E-state index in [1.54, 1.807) is 0 Å². The maximum absolute atomic E-state index is 4.17. The van der Waals surface area contributed by atoms with Crippen LogP contribution in [0.5, 0.6) is 0 Å². The molecule has 0 radical (unpaired) electrons. The van der Waals surface area contributed by atoms with Crippen molar-refractivity contribution in [3.63, 3.8) is 0 Å². The minimum atomic E-state index is 0.138. The highest BCUT2D eigenvalue weighted by molar-refractivity contribution is 9.10. The summed E-state index contributed by atoms with van der Waals surface area (Å²) < 4.78 is 4.29. The molecule has 0 spiro atoms. The van der Waals surface area contributed by atoms with Gasteiger partial charge < -0.3 is 4.57 Å². The molecule has 0 bridgehead atoms. The molecule has 4 heteroatoms. The van der Waals surface area contributed by atoms with Crippen molar-refractivity contribution in [1.29, 1.82) is 0 Å². The molecule has 1 heterocycles. The molecule has 2 nitrogen and oxygen atoms in total. The van der Waals surface area contributed by atoms with E-state index >= 15 is 0 Å². The van der Waals surface area contributed by atoms with Gasteiger partial charge in [-0.15, -0.1) is 0 Å². The van der Waals surface area contributed by atoms with Gasteiger partial charge in [-0.05, 0) is 35.4 Å². The van der Waals surface area contributed by atoms with Gasteiger partial charge in [0.15, 0.2) is 0 Å². The lowest BCUT2D eigenvalue weighted by Gasteiger charge is -2.20. The van der Waals surface area contributed by atoms with Gasteiger partial charge in [0.05, 0.1) is 12.4 Å². The van der Waals surface area contributed by atoms with Crippen molar-refractivity contribution in [1.82, 2.24) is 9.55 Å². The summed E-state index contributed by atoms with van der Waals surface area (Å²) >= 11 is 6.97. The van der Waals surface area contributed by atoms with Gasteiger partial charge in [-0.25, -0.2) is 4.98 Å². The van der Waals surface area contributed by atoms with E-state index in [4.69, 9.17) is 0 Å². The average Bonchev–Trinajstić information content (AvgIpc) is 2.97. The number of imidazole rings is 1. The first-order chi connectivity index (χ1) is 9.74. The fraction of sp³-hybridized carbons (Fsp3) is 0.0625. The molecule has 0 amide bonds. The molecule has 0 fully saturated rings. The molecule has 3 rings (SSSR count). The minimum absolute atomic E-state index is 0.138. The Labute approximate surface area is 134 Å². The van der Waals surface area contributed by atoms with Gasteiger partial charge in [-0.3, -0.25) is 0 Å². The number of rotatable bonds is 3. The topological polar surface area (TPSA) is 17.8 Å². The van der Waals surface area contributed by atoms with E-state index in [0.717, 1.165) is 8.95 Å². The third-order valence-corrected chi connectivity index (χ3v) is 4.25. The van der Waals surface area contributed by atoms with Crippen molar-refractivity contribution in [2.24, 2.45) is 0 Å². The first-order valence-electron chi connectivity index (χ1n) is 6.22. The van der Waals surface area contributed by atoms with E-state index in [1.807, 2.05) is 18.7 Å². The van der Waals surface area contributed by atoms with Crippen LogP contribution in [0.1, 0.15) is 17.2 Å². The summed E-state index contributed by atoms with van der Waals surface area (Å²) in [4.78, 5) is 4.17. The average molecular weight is 392 g/mol. The number of nitrogens with zero attached hydrogens (tertiary/aromatic N) is 2. The molecule has 0 unspecified atom stereocenters. The van der Waals surface area contributed by atoms with Gasteiger partial charge in [-0.2, -0.15) is 0 Å². The molecule has 0 saturated heterocycles. The van der Waals surface area contributed by atoms with E-state index in [-0.39, 0.29) is 6.04 Å². The lowest BCUT2D eigenvalue weighted by molar-refractivity contribution is 0.676. The molecule has 0 aliphatic heterocycles. The lowest BCUT2D eigenvalue weighted by atomic mass is 9.99. The fourth-order valence-electron chi connectivity index (χ4n) is 2.25. The monoisotopic (exact) mass is 390 g/mol. The maximum Gasteiger partial charge on any atom is 0.0954 e. The fourth-order valence-corrected chi connectivity index (χ4v) is 2.78. The lowest BCUT2D eigenvalue weighted by Crippen LogP contribution is -2.10. The predicted octanol–water partition coefficient (Wildman–Crippen LogP) is 5.05. The van der Waals surface area contributed by atoms with Gasteiger partial charge in [0.2, 0.25) is 0 Å². The SMILES string of the molecule is Brc1ccc(C(c2ccc(Br)cc2)n2ccnc2)cc1. The molecule has 20 heavy (non-hydrogen) atoms. The normalized spacial score (nSPS) is 10.9. The van der Waals surface area contributed by atoms with Crippen molar-refractivity contribution < 1.29 is 0 Å². The Morgan fingerprint density at radius 1 is 0.800 bits per heavy atom. The van der Waals surface area contributed by atoms with Gasteiger partial charge in [0, 0.05) is 21.3 Å². The first kappa shape index (κ1) is 13.6. The molecule has 0 atom stereocenters. The van der Waals surface area contributed by atoms with Crippen LogP contribution >= 0.6 is 31.9 Å². The highest BCUT2D eigenvalue weighted by atomic mass is 79.9. The summed E-state index contributed by atoms with van der Waals surface area (Å²) in [5, 5.41) is 0. The number of aromatic nitrogens is 2. The third kappa shape index (κ3) is 2.86. The zero-order valence-electron chi connectivity index (χ0n) is 10.6. The quantitative estimate of drug-likeness (QED) is 0.611. The summed E-state index contributed by atoms with van der Waals surface area (Å²) in [6, 6.07) is 17.0. The summed E-state index contributed by atoms with van der Waals surface area (Å²) in [6.45, 7) is 0. The number of hydrogen-bond acceptors (Lipinski definition) is 1. The molecule has 0 aliphatic carbocycles. The van der Waals surface area contributed by atoms with Crippen molar-refractivity contribution in [3.8, 4) is 0 Å². The Kier molecular flexibility index (Phi) is 4.03. The van der Waals surface area contributed by atoms with Crippen LogP contribution in [0.25, 0.3) is 0 Å². The van der Waals surface area contributed by atoms with E-state index in [1.165, 1.54) is 11.1 Å².